The number of nitrogen functional groups attached to an aromatic ring is 1. The van der Waals surface area contributed by atoms with Crippen molar-refractivity contribution in [3.05, 3.63) is 58.4 Å². The Kier molecular flexibility index (Phi) is 3.07. The first-order valence-electron chi connectivity index (χ1n) is 6.16. The average molecular weight is 281 g/mol. The van der Waals surface area contributed by atoms with E-state index >= 15 is 0 Å². The van der Waals surface area contributed by atoms with Gasteiger partial charge in [-0.25, -0.2) is 10.1 Å². The Bertz CT molecular complexity index is 867. The van der Waals surface area contributed by atoms with E-state index in [0.717, 1.165) is 0 Å². The van der Waals surface area contributed by atoms with Gasteiger partial charge in [-0.1, -0.05) is 18.2 Å². The molecular formula is C14H11N5O2. The zero-order valence-electron chi connectivity index (χ0n) is 10.8. The van der Waals surface area contributed by atoms with Crippen molar-refractivity contribution >= 4 is 28.4 Å². The predicted molar refractivity (Wildman–Crippen MR) is 79.0 cm³/mol. The smallest absolute Gasteiger partial charge is 0.264 e. The van der Waals surface area contributed by atoms with Crippen LogP contribution in [0.5, 0.6) is 0 Å². The summed E-state index contributed by atoms with van der Waals surface area (Å²) in [7, 11) is 0. The molecule has 3 aromatic rings. The van der Waals surface area contributed by atoms with E-state index in [1.807, 2.05) is 12.1 Å². The first-order valence-corrected chi connectivity index (χ1v) is 6.16. The van der Waals surface area contributed by atoms with Crippen LogP contribution in [0.1, 0.15) is 10.4 Å². The minimum absolute atomic E-state index is 0.249. The summed E-state index contributed by atoms with van der Waals surface area (Å²) in [5.74, 6) is 0.132. The Morgan fingerprint density at radius 2 is 2.00 bits per heavy atom. The van der Waals surface area contributed by atoms with E-state index in [-0.39, 0.29) is 23.1 Å². The third-order valence-corrected chi connectivity index (χ3v) is 2.90. The van der Waals surface area contributed by atoms with Gasteiger partial charge in [0, 0.05) is 11.5 Å². The fourth-order valence-electron chi connectivity index (χ4n) is 1.98. The summed E-state index contributed by atoms with van der Waals surface area (Å²) in [4.78, 5) is 27.5. The number of rotatable bonds is 2. The number of fused-ring (bicyclic) bond motifs is 1. The van der Waals surface area contributed by atoms with Gasteiger partial charge in [-0.05, 0) is 18.2 Å². The lowest BCUT2D eigenvalue weighted by Crippen LogP contribution is -2.16. The zero-order valence-corrected chi connectivity index (χ0v) is 10.8. The van der Waals surface area contributed by atoms with Gasteiger partial charge < -0.3 is 11.1 Å². The van der Waals surface area contributed by atoms with Gasteiger partial charge >= 0.3 is 0 Å². The van der Waals surface area contributed by atoms with E-state index in [2.05, 4.69) is 20.5 Å². The molecule has 21 heavy (non-hydrogen) atoms. The van der Waals surface area contributed by atoms with Crippen molar-refractivity contribution in [1.82, 2.24) is 15.2 Å². The van der Waals surface area contributed by atoms with Gasteiger partial charge in [-0.2, -0.15) is 5.10 Å². The predicted octanol–water partition coefficient (Wildman–Crippen LogP) is 1.15. The molecule has 0 fully saturated rings. The highest BCUT2D eigenvalue weighted by molar-refractivity contribution is 6.12. The number of H-pyrrole nitrogens is 1. The number of carbonyl (C=O) groups is 1. The molecule has 2 heterocycles. The maximum Gasteiger partial charge on any atom is 0.264 e. The highest BCUT2D eigenvalue weighted by atomic mass is 16.2. The van der Waals surface area contributed by atoms with Crippen LogP contribution in [-0.2, 0) is 0 Å². The van der Waals surface area contributed by atoms with Crippen molar-refractivity contribution in [2.75, 3.05) is 11.1 Å². The topological polar surface area (TPSA) is 114 Å². The lowest BCUT2D eigenvalue weighted by Gasteiger charge is -2.08. The lowest BCUT2D eigenvalue weighted by molar-refractivity contribution is 0.102. The number of pyridine rings is 1. The second-order valence-electron chi connectivity index (χ2n) is 4.37. The van der Waals surface area contributed by atoms with Crippen LogP contribution in [0.2, 0.25) is 0 Å². The Morgan fingerprint density at radius 1 is 1.19 bits per heavy atom. The molecule has 0 saturated heterocycles. The normalized spacial score (nSPS) is 10.5. The molecule has 0 unspecified atom stereocenters. The van der Waals surface area contributed by atoms with Crippen LogP contribution < -0.4 is 16.6 Å². The molecule has 7 heteroatoms. The molecule has 0 aliphatic rings. The van der Waals surface area contributed by atoms with Crippen molar-refractivity contribution in [3.8, 4) is 0 Å². The van der Waals surface area contributed by atoms with Crippen LogP contribution in [0.25, 0.3) is 10.9 Å². The number of carbonyl (C=O) groups excluding carboxylic acids is 1. The summed E-state index contributed by atoms with van der Waals surface area (Å²) in [6.07, 6.45) is 0. The van der Waals surface area contributed by atoms with Gasteiger partial charge in [0.05, 0.1) is 11.1 Å². The van der Waals surface area contributed by atoms with Crippen LogP contribution in [0, 0.1) is 0 Å². The van der Waals surface area contributed by atoms with E-state index in [1.54, 1.807) is 12.1 Å². The Labute approximate surface area is 118 Å². The van der Waals surface area contributed by atoms with E-state index in [9.17, 15) is 9.59 Å². The molecule has 0 aliphatic carbocycles. The third-order valence-electron chi connectivity index (χ3n) is 2.90. The number of nitrogens with one attached hydrogen (secondary N) is 2. The second-order valence-corrected chi connectivity index (χ2v) is 4.37. The molecule has 104 valence electrons. The van der Waals surface area contributed by atoms with Crippen LogP contribution in [0.4, 0.5) is 11.6 Å². The molecular weight excluding hydrogens is 270 g/mol. The average Bonchev–Trinajstić information content (AvgIpc) is 2.48. The first kappa shape index (κ1) is 12.8. The number of anilines is 2. The van der Waals surface area contributed by atoms with Crippen molar-refractivity contribution in [2.24, 2.45) is 0 Å². The maximum atomic E-state index is 12.3. The highest BCUT2D eigenvalue weighted by Gasteiger charge is 2.12. The SMILES string of the molecule is Nc1cc(C(=O)Nc2ccc(=O)[nH]n2)c2ccccc2n1. The largest absolute Gasteiger partial charge is 0.384 e. The molecule has 1 aromatic carbocycles. The summed E-state index contributed by atoms with van der Waals surface area (Å²) in [6.45, 7) is 0. The summed E-state index contributed by atoms with van der Waals surface area (Å²) in [6, 6.07) is 11.4. The highest BCUT2D eigenvalue weighted by Crippen LogP contribution is 2.20. The molecule has 0 atom stereocenters. The molecule has 3 rings (SSSR count). The summed E-state index contributed by atoms with van der Waals surface area (Å²) < 4.78 is 0. The van der Waals surface area contributed by atoms with Crippen LogP contribution in [-0.4, -0.2) is 21.1 Å². The van der Waals surface area contributed by atoms with Crippen molar-refractivity contribution in [3.63, 3.8) is 0 Å². The number of hydrogen-bond acceptors (Lipinski definition) is 5. The van der Waals surface area contributed by atoms with E-state index in [1.165, 1.54) is 18.2 Å². The molecule has 0 bridgehead atoms. The first-order chi connectivity index (χ1) is 10.1. The molecule has 2 aromatic heterocycles. The number of hydrogen-bond donors (Lipinski definition) is 3. The Morgan fingerprint density at radius 3 is 2.76 bits per heavy atom. The van der Waals surface area contributed by atoms with Gasteiger partial charge in [-0.15, -0.1) is 0 Å². The van der Waals surface area contributed by atoms with Crippen LogP contribution in [0.3, 0.4) is 0 Å². The molecule has 0 aliphatic heterocycles. The van der Waals surface area contributed by atoms with Crippen molar-refractivity contribution < 1.29 is 4.79 Å². The van der Waals surface area contributed by atoms with Crippen LogP contribution >= 0.6 is 0 Å². The molecule has 4 N–H and O–H groups in total. The van der Waals surface area contributed by atoms with Crippen LogP contribution in [0.15, 0.2) is 47.3 Å². The second kappa shape index (κ2) is 5.04. The fraction of sp³-hybridized carbons (Fsp3) is 0. The monoisotopic (exact) mass is 281 g/mol. The van der Waals surface area contributed by atoms with Gasteiger partial charge in [0.15, 0.2) is 5.82 Å². The number of aromatic nitrogens is 3. The summed E-state index contributed by atoms with van der Waals surface area (Å²) in [5.41, 5.74) is 6.41. The molecule has 7 nitrogen and oxygen atoms in total. The number of amides is 1. The lowest BCUT2D eigenvalue weighted by atomic mass is 10.1. The number of benzene rings is 1. The number of aromatic amines is 1. The number of nitrogens with zero attached hydrogens (tertiary/aromatic N) is 2. The summed E-state index contributed by atoms with van der Waals surface area (Å²) in [5, 5.41) is 9.27. The fourth-order valence-corrected chi connectivity index (χ4v) is 1.98. The number of para-hydroxylation sites is 1. The minimum atomic E-state index is -0.375. The zero-order chi connectivity index (χ0) is 14.8. The van der Waals surface area contributed by atoms with E-state index < -0.39 is 0 Å². The Hall–Kier alpha value is -3.22. The van der Waals surface area contributed by atoms with Gasteiger partial charge in [0.2, 0.25) is 0 Å². The maximum absolute atomic E-state index is 12.3. The van der Waals surface area contributed by atoms with Gasteiger partial charge in [0.1, 0.15) is 5.82 Å². The summed E-state index contributed by atoms with van der Waals surface area (Å²) >= 11 is 0. The standard InChI is InChI=1S/C14H11N5O2/c15-11-7-9(8-3-1-2-4-10(8)16-11)14(21)17-12-5-6-13(20)19-18-12/h1-7H,(H2,15,16)(H,19,20)(H,17,18,21). The Balaban J connectivity index is 2.01. The molecule has 0 spiro atoms. The van der Waals surface area contributed by atoms with E-state index in [4.69, 9.17) is 5.73 Å². The quantitative estimate of drug-likeness (QED) is 0.652. The molecule has 0 radical (unpaired) electrons. The van der Waals surface area contributed by atoms with Crippen molar-refractivity contribution in [1.29, 1.82) is 0 Å². The molecule has 0 saturated carbocycles. The minimum Gasteiger partial charge on any atom is -0.384 e. The van der Waals surface area contributed by atoms with E-state index in [0.29, 0.717) is 16.5 Å². The van der Waals surface area contributed by atoms with Gasteiger partial charge in [0.25, 0.3) is 11.5 Å². The third kappa shape index (κ3) is 2.57. The van der Waals surface area contributed by atoms with Crippen molar-refractivity contribution in [2.45, 2.75) is 0 Å². The number of nitrogens with two attached hydrogens (primary N) is 1. The van der Waals surface area contributed by atoms with Gasteiger partial charge in [-0.3, -0.25) is 9.59 Å². The molecule has 1 amide bonds.